The van der Waals surface area contributed by atoms with Crippen LogP contribution in [0.2, 0.25) is 0 Å². The number of hydrogen-bond acceptors (Lipinski definition) is 4. The van der Waals surface area contributed by atoms with Crippen molar-refractivity contribution in [2.75, 3.05) is 13.6 Å². The molecule has 2 aliphatic rings. The summed E-state index contributed by atoms with van der Waals surface area (Å²) in [6, 6.07) is 1.28. The van der Waals surface area contributed by atoms with Gasteiger partial charge in [0.15, 0.2) is 0 Å². The van der Waals surface area contributed by atoms with Crippen LogP contribution in [0.4, 0.5) is 0 Å². The summed E-state index contributed by atoms with van der Waals surface area (Å²) in [6.07, 6.45) is 6.08. The maximum Gasteiger partial charge on any atom is 0.243 e. The minimum Gasteiger partial charge on any atom is -0.300 e. The van der Waals surface area contributed by atoms with Crippen LogP contribution < -0.4 is 4.72 Å². The van der Waals surface area contributed by atoms with E-state index in [4.69, 9.17) is 0 Å². The molecule has 0 aliphatic carbocycles. The fourth-order valence-electron chi connectivity index (χ4n) is 3.61. The predicted molar refractivity (Wildman–Crippen MR) is 75.8 cm³/mol. The van der Waals surface area contributed by atoms with Crippen molar-refractivity contribution in [2.24, 2.45) is 5.92 Å². The first-order valence-corrected chi connectivity index (χ1v) is 8.67. The highest BCUT2D eigenvalue weighted by atomic mass is 32.2. The van der Waals surface area contributed by atoms with Gasteiger partial charge in [0.2, 0.25) is 10.0 Å². The monoisotopic (exact) mass is 298 g/mol. The Labute approximate surface area is 120 Å². The van der Waals surface area contributed by atoms with Gasteiger partial charge in [0.25, 0.3) is 0 Å². The van der Waals surface area contributed by atoms with Gasteiger partial charge >= 0.3 is 0 Å². The third-order valence-electron chi connectivity index (χ3n) is 4.83. The van der Waals surface area contributed by atoms with Crippen LogP contribution in [-0.2, 0) is 10.0 Å². The zero-order chi connectivity index (χ0) is 14.3. The molecule has 2 bridgehead atoms. The molecule has 3 heterocycles. The molecule has 112 valence electrons. The van der Waals surface area contributed by atoms with E-state index in [1.165, 1.54) is 19.0 Å². The van der Waals surface area contributed by atoms with Crippen molar-refractivity contribution in [1.82, 2.24) is 19.8 Å². The van der Waals surface area contributed by atoms with Gasteiger partial charge in [-0.25, -0.2) is 13.1 Å². The maximum atomic E-state index is 12.2. The molecule has 0 spiro atoms. The molecule has 3 rings (SSSR count). The molecule has 2 aliphatic heterocycles. The average Bonchev–Trinajstić information content (AvgIpc) is 2.89. The van der Waals surface area contributed by atoms with Gasteiger partial charge < -0.3 is 4.90 Å². The third kappa shape index (κ3) is 2.49. The maximum absolute atomic E-state index is 12.2. The van der Waals surface area contributed by atoms with E-state index >= 15 is 0 Å². The summed E-state index contributed by atoms with van der Waals surface area (Å²) in [5, 5.41) is 6.44. The van der Waals surface area contributed by atoms with E-state index in [0.717, 1.165) is 12.8 Å². The summed E-state index contributed by atoms with van der Waals surface area (Å²) < 4.78 is 27.2. The van der Waals surface area contributed by atoms with Gasteiger partial charge in [-0.2, -0.15) is 5.10 Å². The highest BCUT2D eigenvalue weighted by Gasteiger charge is 2.38. The molecule has 2 saturated heterocycles. The van der Waals surface area contributed by atoms with Crippen molar-refractivity contribution in [3.63, 3.8) is 0 Å². The van der Waals surface area contributed by atoms with Gasteiger partial charge in [0.1, 0.15) is 4.90 Å². The number of hydrogen-bond donors (Lipinski definition) is 2. The summed E-state index contributed by atoms with van der Waals surface area (Å²) in [5.74, 6) is 0.450. The average molecular weight is 298 g/mol. The summed E-state index contributed by atoms with van der Waals surface area (Å²) >= 11 is 0. The lowest BCUT2D eigenvalue weighted by atomic mass is 9.91. The Bertz CT molecular complexity index is 569. The first-order chi connectivity index (χ1) is 9.47. The number of sulfonamides is 1. The zero-order valence-corrected chi connectivity index (χ0v) is 12.8. The van der Waals surface area contributed by atoms with E-state index < -0.39 is 10.0 Å². The summed E-state index contributed by atoms with van der Waals surface area (Å²) in [6.45, 7) is 2.26. The molecule has 7 heteroatoms. The van der Waals surface area contributed by atoms with Crippen molar-refractivity contribution >= 4 is 10.0 Å². The normalized spacial score (nSPS) is 30.8. The number of aromatic amines is 1. The standard InChI is InChI=1S/C13H22N4O2S/c1-9-13(8-14-16-9)20(18,19)15-7-10-5-11-3-4-12(6-10)17(11)2/h8,10-12,15H,3-7H2,1-2H3,(H,14,16). The van der Waals surface area contributed by atoms with Gasteiger partial charge in [-0.05, 0) is 45.6 Å². The third-order valence-corrected chi connectivity index (χ3v) is 6.37. The predicted octanol–water partition coefficient (Wildman–Crippen LogP) is 0.869. The molecule has 0 saturated carbocycles. The quantitative estimate of drug-likeness (QED) is 0.864. The second-order valence-electron chi connectivity index (χ2n) is 6.10. The Balaban J connectivity index is 1.62. The number of fused-ring (bicyclic) bond motifs is 2. The molecule has 2 fully saturated rings. The Morgan fingerprint density at radius 1 is 1.40 bits per heavy atom. The molecule has 1 aromatic rings. The van der Waals surface area contributed by atoms with Crippen LogP contribution in [0.15, 0.2) is 11.1 Å². The summed E-state index contributed by atoms with van der Waals surface area (Å²) in [5.41, 5.74) is 0.584. The summed E-state index contributed by atoms with van der Waals surface area (Å²) in [4.78, 5) is 2.72. The number of H-pyrrole nitrogens is 1. The minimum atomic E-state index is -3.43. The van der Waals surface area contributed by atoms with Crippen LogP contribution in [0.25, 0.3) is 0 Å². The highest BCUT2D eigenvalue weighted by Crippen LogP contribution is 2.37. The molecule has 0 aromatic carbocycles. The van der Waals surface area contributed by atoms with Gasteiger partial charge in [-0.15, -0.1) is 0 Å². The molecule has 2 atom stereocenters. The van der Waals surface area contributed by atoms with Crippen molar-refractivity contribution in [3.8, 4) is 0 Å². The van der Waals surface area contributed by atoms with Crippen LogP contribution in [-0.4, -0.2) is 49.2 Å². The van der Waals surface area contributed by atoms with Crippen LogP contribution in [0.1, 0.15) is 31.4 Å². The van der Waals surface area contributed by atoms with Crippen LogP contribution in [0.5, 0.6) is 0 Å². The van der Waals surface area contributed by atoms with Gasteiger partial charge in [-0.3, -0.25) is 5.10 Å². The number of rotatable bonds is 4. The fourth-order valence-corrected chi connectivity index (χ4v) is 4.86. The zero-order valence-electron chi connectivity index (χ0n) is 12.0. The lowest BCUT2D eigenvalue weighted by Crippen LogP contribution is -2.43. The van der Waals surface area contributed by atoms with E-state index in [9.17, 15) is 8.42 Å². The number of nitrogens with one attached hydrogen (secondary N) is 2. The molecule has 0 amide bonds. The lowest BCUT2D eigenvalue weighted by molar-refractivity contribution is 0.135. The Kier molecular flexibility index (Phi) is 3.60. The largest absolute Gasteiger partial charge is 0.300 e. The van der Waals surface area contributed by atoms with Crippen molar-refractivity contribution in [3.05, 3.63) is 11.9 Å². The molecule has 1 aromatic heterocycles. The van der Waals surface area contributed by atoms with Crippen molar-refractivity contribution in [1.29, 1.82) is 0 Å². The van der Waals surface area contributed by atoms with Gasteiger partial charge in [0.05, 0.1) is 11.9 Å². The van der Waals surface area contributed by atoms with E-state index in [-0.39, 0.29) is 4.90 Å². The molecule has 6 nitrogen and oxygen atoms in total. The molecular weight excluding hydrogens is 276 g/mol. The molecule has 0 radical (unpaired) electrons. The first-order valence-electron chi connectivity index (χ1n) is 7.19. The number of piperidine rings is 1. The van der Waals surface area contributed by atoms with Crippen LogP contribution in [0, 0.1) is 12.8 Å². The Hall–Kier alpha value is -0.920. The number of aromatic nitrogens is 2. The first kappa shape index (κ1) is 14.0. The minimum absolute atomic E-state index is 0.258. The van der Waals surface area contributed by atoms with Gasteiger partial charge in [0, 0.05) is 18.6 Å². The van der Waals surface area contributed by atoms with E-state index in [1.54, 1.807) is 6.92 Å². The van der Waals surface area contributed by atoms with E-state index in [1.807, 2.05) is 0 Å². The summed E-state index contributed by atoms with van der Waals surface area (Å²) in [7, 11) is -1.24. The SMILES string of the molecule is Cc1[nH]ncc1S(=O)(=O)NCC1CC2CCC(C1)N2C. The van der Waals surface area contributed by atoms with E-state index in [0.29, 0.717) is 30.2 Å². The number of aryl methyl sites for hydroxylation is 1. The van der Waals surface area contributed by atoms with Gasteiger partial charge in [-0.1, -0.05) is 0 Å². The lowest BCUT2D eigenvalue weighted by Gasteiger charge is -2.36. The Morgan fingerprint density at radius 3 is 2.60 bits per heavy atom. The fraction of sp³-hybridized carbons (Fsp3) is 0.769. The second kappa shape index (κ2) is 5.13. The van der Waals surface area contributed by atoms with E-state index in [2.05, 4.69) is 26.9 Å². The second-order valence-corrected chi connectivity index (χ2v) is 7.83. The molecule has 2 N–H and O–H groups in total. The highest BCUT2D eigenvalue weighted by molar-refractivity contribution is 7.89. The number of nitrogens with zero attached hydrogens (tertiary/aromatic N) is 2. The molecule has 2 unspecified atom stereocenters. The van der Waals surface area contributed by atoms with Crippen LogP contribution in [0.3, 0.4) is 0 Å². The van der Waals surface area contributed by atoms with Crippen molar-refractivity contribution < 1.29 is 8.42 Å². The Morgan fingerprint density at radius 2 is 2.05 bits per heavy atom. The topological polar surface area (TPSA) is 78.1 Å². The van der Waals surface area contributed by atoms with Crippen molar-refractivity contribution in [2.45, 2.75) is 49.6 Å². The van der Waals surface area contributed by atoms with Crippen LogP contribution >= 0.6 is 0 Å². The molecular formula is C13H22N4O2S. The smallest absolute Gasteiger partial charge is 0.243 e. The molecule has 20 heavy (non-hydrogen) atoms.